The highest BCUT2D eigenvalue weighted by molar-refractivity contribution is 14.0. The molecule has 0 aliphatic heterocycles. The zero-order valence-corrected chi connectivity index (χ0v) is 12.5. The van der Waals surface area contributed by atoms with Crippen LogP contribution >= 0.6 is 24.0 Å². The summed E-state index contributed by atoms with van der Waals surface area (Å²) in [6, 6.07) is 5.25. The molecule has 1 aromatic rings. The van der Waals surface area contributed by atoms with E-state index < -0.39 is 6.36 Å². The Morgan fingerprint density at radius 2 is 1.89 bits per heavy atom. The average Bonchev–Trinajstić information content (AvgIpc) is 2.27. The van der Waals surface area contributed by atoms with Gasteiger partial charge in [-0.25, -0.2) is 0 Å². The van der Waals surface area contributed by atoms with Gasteiger partial charge < -0.3 is 15.8 Å². The summed E-state index contributed by atoms with van der Waals surface area (Å²) in [4.78, 5) is 3.99. The van der Waals surface area contributed by atoms with Crippen molar-refractivity contribution >= 4 is 35.6 Å². The predicted octanol–water partition coefficient (Wildman–Crippen LogP) is 3.34. The molecule has 0 aliphatic carbocycles. The standard InChI is InChI=1S/C11H14F3N3O.HI/c1-2-7-16-10(15)17-8-3-5-9(6-4-8)18-11(12,13)14;/h3-6H,2,7H2,1H3,(H3,15,16,17);1H. The maximum atomic E-state index is 11.9. The molecule has 4 nitrogen and oxygen atoms in total. The second-order valence-electron chi connectivity index (χ2n) is 3.46. The van der Waals surface area contributed by atoms with Gasteiger partial charge in [-0.15, -0.1) is 37.1 Å². The summed E-state index contributed by atoms with van der Waals surface area (Å²) < 4.78 is 39.5. The molecule has 0 radical (unpaired) electrons. The van der Waals surface area contributed by atoms with Gasteiger partial charge in [0.1, 0.15) is 5.75 Å². The van der Waals surface area contributed by atoms with E-state index in [1.807, 2.05) is 6.92 Å². The monoisotopic (exact) mass is 389 g/mol. The van der Waals surface area contributed by atoms with Crippen molar-refractivity contribution in [3.05, 3.63) is 24.3 Å². The second-order valence-corrected chi connectivity index (χ2v) is 3.46. The van der Waals surface area contributed by atoms with Crippen LogP contribution in [0.1, 0.15) is 13.3 Å². The highest BCUT2D eigenvalue weighted by Gasteiger charge is 2.30. The normalized spacial score (nSPS) is 11.7. The lowest BCUT2D eigenvalue weighted by atomic mass is 10.3. The lowest BCUT2D eigenvalue weighted by molar-refractivity contribution is -0.274. The number of aliphatic imine (C=N–C) groups is 1. The summed E-state index contributed by atoms with van der Waals surface area (Å²) in [5.41, 5.74) is 6.10. The van der Waals surface area contributed by atoms with Crippen LogP contribution in [0, 0.1) is 0 Å². The first kappa shape index (κ1) is 17.8. The molecule has 0 unspecified atom stereocenters. The average molecular weight is 389 g/mol. The van der Waals surface area contributed by atoms with Crippen LogP contribution in [0.15, 0.2) is 29.3 Å². The van der Waals surface area contributed by atoms with Crippen molar-refractivity contribution in [1.82, 2.24) is 0 Å². The van der Waals surface area contributed by atoms with Crippen LogP contribution in [0.4, 0.5) is 18.9 Å². The molecule has 0 aliphatic rings. The number of nitrogens with one attached hydrogen (secondary N) is 1. The van der Waals surface area contributed by atoms with Crippen molar-refractivity contribution < 1.29 is 17.9 Å². The van der Waals surface area contributed by atoms with Gasteiger partial charge in [-0.05, 0) is 30.7 Å². The predicted molar refractivity (Wildman–Crippen MR) is 78.9 cm³/mol. The van der Waals surface area contributed by atoms with Gasteiger partial charge in [0.15, 0.2) is 5.96 Å². The van der Waals surface area contributed by atoms with Gasteiger partial charge in [0.05, 0.1) is 0 Å². The number of benzene rings is 1. The fourth-order valence-electron chi connectivity index (χ4n) is 1.16. The maximum Gasteiger partial charge on any atom is 0.573 e. The number of nitrogens with zero attached hydrogens (tertiary/aromatic N) is 1. The first-order valence-electron chi connectivity index (χ1n) is 5.33. The van der Waals surface area contributed by atoms with E-state index in [0.717, 1.165) is 6.42 Å². The van der Waals surface area contributed by atoms with Crippen LogP contribution < -0.4 is 15.8 Å². The number of ether oxygens (including phenoxy) is 1. The number of hydrogen-bond acceptors (Lipinski definition) is 2. The van der Waals surface area contributed by atoms with Crippen molar-refractivity contribution in [2.45, 2.75) is 19.7 Å². The summed E-state index contributed by atoms with van der Waals surface area (Å²) in [7, 11) is 0. The molecule has 3 N–H and O–H groups in total. The molecule has 0 bridgehead atoms. The highest BCUT2D eigenvalue weighted by Crippen LogP contribution is 2.23. The fourth-order valence-corrected chi connectivity index (χ4v) is 1.16. The summed E-state index contributed by atoms with van der Waals surface area (Å²) in [5, 5.41) is 2.76. The quantitative estimate of drug-likeness (QED) is 0.472. The Hall–Kier alpha value is -1.19. The zero-order valence-electron chi connectivity index (χ0n) is 10.2. The molecule has 0 saturated carbocycles. The third kappa shape index (κ3) is 7.75. The molecule has 0 aromatic heterocycles. The molecule has 8 heteroatoms. The molecule has 0 saturated heterocycles. The molecular weight excluding hydrogens is 374 g/mol. The van der Waals surface area contributed by atoms with E-state index in [2.05, 4.69) is 15.0 Å². The first-order chi connectivity index (χ1) is 8.40. The molecule has 0 fully saturated rings. The zero-order chi connectivity index (χ0) is 13.6. The van der Waals surface area contributed by atoms with E-state index in [9.17, 15) is 13.2 Å². The van der Waals surface area contributed by atoms with Gasteiger partial charge in [0.2, 0.25) is 0 Å². The largest absolute Gasteiger partial charge is 0.573 e. The topological polar surface area (TPSA) is 59.6 Å². The minimum Gasteiger partial charge on any atom is -0.406 e. The second kappa shape index (κ2) is 8.08. The van der Waals surface area contributed by atoms with Crippen LogP contribution in [0.3, 0.4) is 0 Å². The molecule has 0 amide bonds. The Morgan fingerprint density at radius 1 is 1.32 bits per heavy atom. The molecular formula is C11H15F3IN3O. The van der Waals surface area contributed by atoms with Crippen LogP contribution in [-0.2, 0) is 0 Å². The van der Waals surface area contributed by atoms with E-state index >= 15 is 0 Å². The summed E-state index contributed by atoms with van der Waals surface area (Å²) in [6.45, 7) is 2.55. The number of alkyl halides is 3. The third-order valence-electron chi connectivity index (χ3n) is 1.87. The van der Waals surface area contributed by atoms with Gasteiger partial charge in [0.25, 0.3) is 0 Å². The number of nitrogens with two attached hydrogens (primary N) is 1. The molecule has 1 rings (SSSR count). The maximum absolute atomic E-state index is 11.9. The molecule has 19 heavy (non-hydrogen) atoms. The van der Waals surface area contributed by atoms with Crippen molar-refractivity contribution in [2.75, 3.05) is 11.9 Å². The van der Waals surface area contributed by atoms with Gasteiger partial charge >= 0.3 is 6.36 Å². The SMILES string of the molecule is CCCN=C(N)Nc1ccc(OC(F)(F)F)cc1.I. The van der Waals surface area contributed by atoms with Crippen molar-refractivity contribution in [1.29, 1.82) is 0 Å². The Labute approximate surface area is 126 Å². The van der Waals surface area contributed by atoms with Gasteiger partial charge in [0, 0.05) is 12.2 Å². The van der Waals surface area contributed by atoms with Crippen LogP contribution in [-0.4, -0.2) is 18.9 Å². The number of hydrogen-bond donors (Lipinski definition) is 2. The number of rotatable bonds is 4. The molecule has 1 aromatic carbocycles. The molecule has 108 valence electrons. The van der Waals surface area contributed by atoms with E-state index in [-0.39, 0.29) is 35.7 Å². The van der Waals surface area contributed by atoms with Crippen molar-refractivity contribution in [3.63, 3.8) is 0 Å². The van der Waals surface area contributed by atoms with Gasteiger partial charge in [-0.2, -0.15) is 0 Å². The number of halogens is 4. The van der Waals surface area contributed by atoms with Gasteiger partial charge in [-0.1, -0.05) is 6.92 Å². The molecule has 0 spiro atoms. The minimum atomic E-state index is -4.68. The fraction of sp³-hybridized carbons (Fsp3) is 0.364. The van der Waals surface area contributed by atoms with Crippen molar-refractivity contribution in [3.8, 4) is 5.75 Å². The lowest BCUT2D eigenvalue weighted by Crippen LogP contribution is -2.22. The third-order valence-corrected chi connectivity index (χ3v) is 1.87. The van der Waals surface area contributed by atoms with Crippen molar-refractivity contribution in [2.24, 2.45) is 10.7 Å². The van der Waals surface area contributed by atoms with Crippen LogP contribution in [0.5, 0.6) is 5.75 Å². The minimum absolute atomic E-state index is 0. The Balaban J connectivity index is 0.00000324. The molecule has 0 heterocycles. The van der Waals surface area contributed by atoms with E-state index in [4.69, 9.17) is 5.73 Å². The first-order valence-corrected chi connectivity index (χ1v) is 5.33. The molecule has 0 atom stereocenters. The summed E-state index contributed by atoms with van der Waals surface area (Å²) in [6.07, 6.45) is -3.82. The van der Waals surface area contributed by atoms with Gasteiger partial charge in [-0.3, -0.25) is 4.99 Å². The van der Waals surface area contributed by atoms with E-state index in [1.54, 1.807) is 0 Å². The Morgan fingerprint density at radius 3 is 2.37 bits per heavy atom. The summed E-state index contributed by atoms with van der Waals surface area (Å²) in [5.74, 6) is -0.0570. The number of guanidine groups is 1. The Bertz CT molecular complexity index is 407. The van der Waals surface area contributed by atoms with E-state index in [0.29, 0.717) is 12.2 Å². The highest BCUT2D eigenvalue weighted by atomic mass is 127. The lowest BCUT2D eigenvalue weighted by Gasteiger charge is -2.10. The van der Waals surface area contributed by atoms with E-state index in [1.165, 1.54) is 24.3 Å². The Kier molecular flexibility index (Phi) is 7.57. The van der Waals surface area contributed by atoms with Crippen LogP contribution in [0.2, 0.25) is 0 Å². The summed E-state index contributed by atoms with van der Waals surface area (Å²) >= 11 is 0. The smallest absolute Gasteiger partial charge is 0.406 e. The number of anilines is 1. The van der Waals surface area contributed by atoms with Crippen LogP contribution in [0.25, 0.3) is 0 Å².